The second kappa shape index (κ2) is 8.31. The van der Waals surface area contributed by atoms with Gasteiger partial charge in [0.15, 0.2) is 0 Å². The Balaban J connectivity index is 2.49. The molecule has 0 spiro atoms. The lowest BCUT2D eigenvalue weighted by Gasteiger charge is -2.18. The van der Waals surface area contributed by atoms with Crippen molar-refractivity contribution in [1.82, 2.24) is 4.90 Å². The Labute approximate surface area is 127 Å². The van der Waals surface area contributed by atoms with Crippen molar-refractivity contribution in [2.75, 3.05) is 18.8 Å². The normalized spacial score (nSPS) is 10.1. The smallest absolute Gasteiger partial charge is 0.323 e. The minimum absolute atomic E-state index is 0.106. The van der Waals surface area contributed by atoms with Gasteiger partial charge >= 0.3 is 5.97 Å². The lowest BCUT2D eigenvalue weighted by molar-refractivity contribution is -0.144. The first-order valence-corrected chi connectivity index (χ1v) is 7.45. The molecule has 1 aromatic rings. The van der Waals surface area contributed by atoms with Gasteiger partial charge in [-0.3, -0.25) is 14.4 Å². The van der Waals surface area contributed by atoms with Crippen molar-refractivity contribution in [2.24, 2.45) is 5.73 Å². The van der Waals surface area contributed by atoms with Crippen LogP contribution in [0.1, 0.15) is 11.1 Å². The molecule has 3 N–H and O–H groups in total. The Morgan fingerprint density at radius 2 is 2.00 bits per heavy atom. The summed E-state index contributed by atoms with van der Waals surface area (Å²) in [5.41, 5.74) is 7.24. The first-order valence-electron chi connectivity index (χ1n) is 6.29. The van der Waals surface area contributed by atoms with E-state index in [4.69, 9.17) is 10.8 Å². The number of carboxylic acid groups (broad SMARTS) is 1. The number of carbonyl (C=O) groups excluding carboxylic acids is 2. The molecule has 1 aromatic carbocycles. The fraction of sp³-hybridized carbons (Fsp3) is 0.357. The molecule has 7 heteroatoms. The number of aryl methyl sites for hydroxylation is 1. The number of hydrogen-bond donors (Lipinski definition) is 2. The molecule has 0 fully saturated rings. The molecule has 0 bridgehead atoms. The summed E-state index contributed by atoms with van der Waals surface area (Å²) in [6, 6.07) is 7.91. The molecular weight excluding hydrogens is 292 g/mol. The average Bonchev–Trinajstić information content (AvgIpc) is 2.36. The van der Waals surface area contributed by atoms with Crippen LogP contribution >= 0.6 is 11.8 Å². The number of benzene rings is 1. The highest BCUT2D eigenvalue weighted by Crippen LogP contribution is 2.14. The number of aliphatic carboxylic acids is 1. The highest BCUT2D eigenvalue weighted by molar-refractivity contribution is 7.99. The van der Waals surface area contributed by atoms with Crippen LogP contribution < -0.4 is 5.73 Å². The van der Waals surface area contributed by atoms with Gasteiger partial charge in [0.2, 0.25) is 11.8 Å². The Kier molecular flexibility index (Phi) is 6.74. The number of rotatable bonds is 8. The van der Waals surface area contributed by atoms with Gasteiger partial charge in [-0.15, -0.1) is 11.8 Å². The van der Waals surface area contributed by atoms with Gasteiger partial charge in [-0.25, -0.2) is 0 Å². The predicted octanol–water partition coefficient (Wildman–Crippen LogP) is 0.627. The van der Waals surface area contributed by atoms with E-state index < -0.39 is 24.3 Å². The standard InChI is InChI=1S/C14H18N2O4S/c1-10-3-2-4-11(5-10)8-21-9-13(18)16(6-12(15)17)7-14(19)20/h2-5H,6-9H2,1H3,(H2,15,17)(H,19,20). The summed E-state index contributed by atoms with van der Waals surface area (Å²) < 4.78 is 0. The monoisotopic (exact) mass is 310 g/mol. The summed E-state index contributed by atoms with van der Waals surface area (Å²) in [6.45, 7) is 1.09. The Morgan fingerprint density at radius 3 is 2.57 bits per heavy atom. The summed E-state index contributed by atoms with van der Waals surface area (Å²) in [6.07, 6.45) is 0. The lowest BCUT2D eigenvalue weighted by Crippen LogP contribution is -2.42. The maximum Gasteiger partial charge on any atom is 0.323 e. The lowest BCUT2D eigenvalue weighted by atomic mass is 10.2. The van der Waals surface area contributed by atoms with Crippen molar-refractivity contribution < 1.29 is 19.5 Å². The van der Waals surface area contributed by atoms with E-state index in [1.807, 2.05) is 31.2 Å². The molecule has 2 amide bonds. The summed E-state index contributed by atoms with van der Waals surface area (Å²) >= 11 is 1.37. The van der Waals surface area contributed by atoms with Crippen molar-refractivity contribution in [2.45, 2.75) is 12.7 Å². The molecule has 6 nitrogen and oxygen atoms in total. The molecule has 0 radical (unpaired) electrons. The summed E-state index contributed by atoms with van der Waals surface area (Å²) in [5.74, 6) is -1.56. The van der Waals surface area contributed by atoms with Gasteiger partial charge < -0.3 is 15.7 Å². The molecule has 0 heterocycles. The molecule has 0 unspecified atom stereocenters. The average molecular weight is 310 g/mol. The summed E-state index contributed by atoms with van der Waals surface area (Å²) in [4.78, 5) is 34.4. The zero-order valence-electron chi connectivity index (χ0n) is 11.7. The van der Waals surface area contributed by atoms with Gasteiger partial charge in [0.1, 0.15) is 6.54 Å². The van der Waals surface area contributed by atoms with E-state index in [-0.39, 0.29) is 12.3 Å². The molecular formula is C14H18N2O4S. The van der Waals surface area contributed by atoms with E-state index in [1.54, 1.807) is 0 Å². The van der Waals surface area contributed by atoms with Gasteiger partial charge in [-0.1, -0.05) is 29.8 Å². The molecule has 0 aromatic heterocycles. The van der Waals surface area contributed by atoms with Gasteiger partial charge in [-0.05, 0) is 12.5 Å². The van der Waals surface area contributed by atoms with E-state index in [0.29, 0.717) is 5.75 Å². The van der Waals surface area contributed by atoms with Gasteiger partial charge in [0.25, 0.3) is 0 Å². The van der Waals surface area contributed by atoms with Crippen LogP contribution in [0.4, 0.5) is 0 Å². The second-order valence-corrected chi connectivity index (χ2v) is 5.58. The Bertz CT molecular complexity index is 517. The number of carbonyl (C=O) groups is 3. The minimum Gasteiger partial charge on any atom is -0.480 e. The van der Waals surface area contributed by atoms with Crippen LogP contribution in [0.25, 0.3) is 0 Å². The number of hydrogen-bond acceptors (Lipinski definition) is 4. The highest BCUT2D eigenvalue weighted by Gasteiger charge is 2.18. The van der Waals surface area contributed by atoms with Crippen molar-refractivity contribution in [3.05, 3.63) is 35.4 Å². The molecule has 1 rings (SSSR count). The van der Waals surface area contributed by atoms with E-state index in [0.717, 1.165) is 16.0 Å². The number of carboxylic acids is 1. The molecule has 0 aliphatic heterocycles. The van der Waals surface area contributed by atoms with Crippen LogP contribution in [0.15, 0.2) is 24.3 Å². The third kappa shape index (κ3) is 6.80. The Morgan fingerprint density at radius 1 is 1.29 bits per heavy atom. The number of nitrogens with two attached hydrogens (primary N) is 1. The zero-order valence-corrected chi connectivity index (χ0v) is 12.6. The van der Waals surface area contributed by atoms with Crippen molar-refractivity contribution in [3.63, 3.8) is 0 Å². The highest BCUT2D eigenvalue weighted by atomic mass is 32.2. The first kappa shape index (κ1) is 17.0. The van der Waals surface area contributed by atoms with Crippen LogP contribution in [0.2, 0.25) is 0 Å². The predicted molar refractivity (Wildman–Crippen MR) is 80.8 cm³/mol. The maximum absolute atomic E-state index is 11.9. The van der Waals surface area contributed by atoms with Crippen molar-refractivity contribution in [1.29, 1.82) is 0 Å². The van der Waals surface area contributed by atoms with Gasteiger partial charge in [-0.2, -0.15) is 0 Å². The third-order valence-electron chi connectivity index (χ3n) is 2.60. The topological polar surface area (TPSA) is 101 Å². The quantitative estimate of drug-likeness (QED) is 0.733. The fourth-order valence-corrected chi connectivity index (χ4v) is 2.61. The zero-order chi connectivity index (χ0) is 15.8. The van der Waals surface area contributed by atoms with Crippen molar-refractivity contribution >= 4 is 29.5 Å². The van der Waals surface area contributed by atoms with Crippen LogP contribution in [0.3, 0.4) is 0 Å². The summed E-state index contributed by atoms with van der Waals surface area (Å²) in [7, 11) is 0. The molecule has 21 heavy (non-hydrogen) atoms. The maximum atomic E-state index is 11.9. The summed E-state index contributed by atoms with van der Waals surface area (Å²) in [5, 5.41) is 8.73. The van der Waals surface area contributed by atoms with E-state index in [1.165, 1.54) is 11.8 Å². The molecule has 0 saturated heterocycles. The van der Waals surface area contributed by atoms with Crippen LogP contribution in [-0.2, 0) is 20.1 Å². The molecule has 0 aliphatic rings. The number of nitrogens with zero attached hydrogens (tertiary/aromatic N) is 1. The minimum atomic E-state index is -1.17. The van der Waals surface area contributed by atoms with Crippen molar-refractivity contribution in [3.8, 4) is 0 Å². The third-order valence-corrected chi connectivity index (χ3v) is 3.59. The molecule has 0 aliphatic carbocycles. The van der Waals surface area contributed by atoms with Crippen LogP contribution in [-0.4, -0.2) is 46.6 Å². The number of primary amides is 1. The fourth-order valence-electron chi connectivity index (χ4n) is 1.73. The molecule has 0 atom stereocenters. The van der Waals surface area contributed by atoms with Crippen LogP contribution in [0, 0.1) is 6.92 Å². The van der Waals surface area contributed by atoms with E-state index in [9.17, 15) is 14.4 Å². The van der Waals surface area contributed by atoms with E-state index in [2.05, 4.69) is 0 Å². The first-order chi connectivity index (χ1) is 9.88. The number of thioether (sulfide) groups is 1. The van der Waals surface area contributed by atoms with Crippen LogP contribution in [0.5, 0.6) is 0 Å². The number of amides is 2. The largest absolute Gasteiger partial charge is 0.480 e. The Hall–Kier alpha value is -2.02. The second-order valence-electron chi connectivity index (χ2n) is 4.59. The molecule has 0 saturated carbocycles. The van der Waals surface area contributed by atoms with E-state index >= 15 is 0 Å². The van der Waals surface area contributed by atoms with Gasteiger partial charge in [0, 0.05) is 5.75 Å². The molecule has 114 valence electrons. The van der Waals surface area contributed by atoms with Gasteiger partial charge in [0.05, 0.1) is 12.3 Å². The SMILES string of the molecule is Cc1cccc(CSCC(=O)N(CC(N)=O)CC(=O)O)c1.